The molecule has 1 rings (SSSR count). The summed E-state index contributed by atoms with van der Waals surface area (Å²) in [5.41, 5.74) is 8.08. The SMILES string of the molecule is CC(C)(C)/C(=C/c1ccc(O)cc1)CN. The van der Waals surface area contributed by atoms with Gasteiger partial charge in [0.25, 0.3) is 0 Å². The van der Waals surface area contributed by atoms with Crippen molar-refractivity contribution in [1.29, 1.82) is 0 Å². The van der Waals surface area contributed by atoms with E-state index in [0.29, 0.717) is 6.54 Å². The fourth-order valence-electron chi connectivity index (χ4n) is 1.35. The molecule has 82 valence electrons. The van der Waals surface area contributed by atoms with Crippen LogP contribution >= 0.6 is 0 Å². The number of hydrogen-bond acceptors (Lipinski definition) is 2. The molecular formula is C13H19NO. The maximum atomic E-state index is 9.16. The van der Waals surface area contributed by atoms with Gasteiger partial charge >= 0.3 is 0 Å². The summed E-state index contributed by atoms with van der Waals surface area (Å²) < 4.78 is 0. The van der Waals surface area contributed by atoms with Crippen LogP contribution in [0.25, 0.3) is 6.08 Å². The quantitative estimate of drug-likeness (QED) is 0.779. The molecule has 0 unspecified atom stereocenters. The Hall–Kier alpha value is -1.28. The molecule has 0 saturated carbocycles. The average molecular weight is 205 g/mol. The Morgan fingerprint density at radius 3 is 2.20 bits per heavy atom. The Kier molecular flexibility index (Phi) is 3.53. The molecule has 0 fully saturated rings. The number of nitrogens with two attached hydrogens (primary N) is 1. The van der Waals surface area contributed by atoms with E-state index in [4.69, 9.17) is 10.8 Å². The van der Waals surface area contributed by atoms with Gasteiger partial charge in [-0.1, -0.05) is 44.6 Å². The van der Waals surface area contributed by atoms with E-state index in [0.717, 1.165) is 5.56 Å². The molecule has 0 atom stereocenters. The highest BCUT2D eigenvalue weighted by Crippen LogP contribution is 2.26. The Balaban J connectivity index is 2.99. The number of benzene rings is 1. The minimum Gasteiger partial charge on any atom is -0.508 e. The van der Waals surface area contributed by atoms with E-state index < -0.39 is 0 Å². The normalized spacial score (nSPS) is 12.9. The van der Waals surface area contributed by atoms with E-state index in [2.05, 4.69) is 26.8 Å². The first-order valence-corrected chi connectivity index (χ1v) is 5.13. The average Bonchev–Trinajstić information content (AvgIpc) is 2.15. The van der Waals surface area contributed by atoms with Crippen molar-refractivity contribution in [1.82, 2.24) is 0 Å². The van der Waals surface area contributed by atoms with Crippen molar-refractivity contribution < 1.29 is 5.11 Å². The molecule has 0 radical (unpaired) electrons. The van der Waals surface area contributed by atoms with Crippen LogP contribution < -0.4 is 5.73 Å². The van der Waals surface area contributed by atoms with Crippen LogP contribution in [0.4, 0.5) is 0 Å². The third-order valence-corrected chi connectivity index (χ3v) is 2.42. The molecule has 2 heteroatoms. The summed E-state index contributed by atoms with van der Waals surface area (Å²) >= 11 is 0. The van der Waals surface area contributed by atoms with Crippen LogP contribution in [0.5, 0.6) is 5.75 Å². The Labute approximate surface area is 91.4 Å². The fourth-order valence-corrected chi connectivity index (χ4v) is 1.35. The summed E-state index contributed by atoms with van der Waals surface area (Å²) in [4.78, 5) is 0. The molecule has 0 amide bonds. The van der Waals surface area contributed by atoms with Crippen molar-refractivity contribution in [3.05, 3.63) is 35.4 Å². The van der Waals surface area contributed by atoms with Crippen LogP contribution in [0.1, 0.15) is 26.3 Å². The summed E-state index contributed by atoms with van der Waals surface area (Å²) in [7, 11) is 0. The highest BCUT2D eigenvalue weighted by Gasteiger charge is 2.15. The standard InChI is InChI=1S/C13H19NO/c1-13(2,3)11(9-14)8-10-4-6-12(15)7-5-10/h4-8,15H,9,14H2,1-3H3/b11-8+. The monoisotopic (exact) mass is 205 g/mol. The maximum absolute atomic E-state index is 9.16. The second-order valence-corrected chi connectivity index (χ2v) is 4.72. The van der Waals surface area contributed by atoms with Gasteiger partial charge in [0.15, 0.2) is 0 Å². The highest BCUT2D eigenvalue weighted by atomic mass is 16.3. The lowest BCUT2D eigenvalue weighted by Gasteiger charge is -2.21. The van der Waals surface area contributed by atoms with Crippen LogP contribution in [-0.2, 0) is 0 Å². The van der Waals surface area contributed by atoms with Gasteiger partial charge in [0, 0.05) is 6.54 Å². The Bertz CT molecular complexity index is 344. The molecule has 0 aliphatic heterocycles. The molecule has 0 spiro atoms. The van der Waals surface area contributed by atoms with Gasteiger partial charge in [0.2, 0.25) is 0 Å². The number of rotatable bonds is 2. The largest absolute Gasteiger partial charge is 0.508 e. The summed E-state index contributed by atoms with van der Waals surface area (Å²) in [6.45, 7) is 6.99. The van der Waals surface area contributed by atoms with Crippen molar-refractivity contribution in [2.24, 2.45) is 11.1 Å². The van der Waals surface area contributed by atoms with Crippen LogP contribution in [0, 0.1) is 5.41 Å². The van der Waals surface area contributed by atoms with E-state index in [1.807, 2.05) is 12.1 Å². The molecule has 1 aromatic rings. The first-order valence-electron chi connectivity index (χ1n) is 5.13. The molecule has 0 bridgehead atoms. The van der Waals surface area contributed by atoms with Crippen LogP contribution in [0.2, 0.25) is 0 Å². The van der Waals surface area contributed by atoms with E-state index in [1.54, 1.807) is 12.1 Å². The Morgan fingerprint density at radius 2 is 1.80 bits per heavy atom. The van der Waals surface area contributed by atoms with Crippen LogP contribution in [0.15, 0.2) is 29.8 Å². The molecule has 0 saturated heterocycles. The smallest absolute Gasteiger partial charge is 0.115 e. The summed E-state index contributed by atoms with van der Waals surface area (Å²) in [5, 5.41) is 9.16. The molecule has 0 heterocycles. The van der Waals surface area contributed by atoms with Gasteiger partial charge in [-0.3, -0.25) is 0 Å². The lowest BCUT2D eigenvalue weighted by Crippen LogP contribution is -2.17. The number of aromatic hydroxyl groups is 1. The highest BCUT2D eigenvalue weighted by molar-refractivity contribution is 5.55. The zero-order valence-electron chi connectivity index (χ0n) is 9.62. The zero-order chi connectivity index (χ0) is 11.5. The van der Waals surface area contributed by atoms with Gasteiger partial charge in [0.05, 0.1) is 0 Å². The molecule has 2 nitrogen and oxygen atoms in total. The van der Waals surface area contributed by atoms with Gasteiger partial charge in [-0.15, -0.1) is 0 Å². The van der Waals surface area contributed by atoms with E-state index in [1.165, 1.54) is 5.57 Å². The summed E-state index contributed by atoms with van der Waals surface area (Å²) in [5.74, 6) is 0.289. The van der Waals surface area contributed by atoms with Gasteiger partial charge in [-0.25, -0.2) is 0 Å². The minimum absolute atomic E-state index is 0.0899. The maximum Gasteiger partial charge on any atom is 0.115 e. The van der Waals surface area contributed by atoms with Crippen molar-refractivity contribution in [3.8, 4) is 5.75 Å². The number of phenolic OH excluding ortho intramolecular Hbond substituents is 1. The second-order valence-electron chi connectivity index (χ2n) is 4.72. The fraction of sp³-hybridized carbons (Fsp3) is 0.385. The van der Waals surface area contributed by atoms with Crippen molar-refractivity contribution in [3.63, 3.8) is 0 Å². The number of hydrogen-bond donors (Lipinski definition) is 2. The molecule has 3 N–H and O–H groups in total. The van der Waals surface area contributed by atoms with E-state index >= 15 is 0 Å². The van der Waals surface area contributed by atoms with Crippen LogP contribution in [0.3, 0.4) is 0 Å². The lowest BCUT2D eigenvalue weighted by atomic mass is 9.85. The lowest BCUT2D eigenvalue weighted by molar-refractivity contribution is 0.475. The first-order chi connectivity index (χ1) is 6.93. The molecule has 0 aromatic heterocycles. The van der Waals surface area contributed by atoms with Gasteiger partial charge in [-0.05, 0) is 23.1 Å². The third-order valence-electron chi connectivity index (χ3n) is 2.42. The van der Waals surface area contributed by atoms with Gasteiger partial charge in [-0.2, -0.15) is 0 Å². The predicted molar refractivity (Wildman–Crippen MR) is 64.6 cm³/mol. The first kappa shape index (κ1) is 11.8. The zero-order valence-corrected chi connectivity index (χ0v) is 9.62. The molecule has 0 aliphatic rings. The predicted octanol–water partition coefficient (Wildman–Crippen LogP) is 2.78. The van der Waals surface area contributed by atoms with Gasteiger partial charge in [0.1, 0.15) is 5.75 Å². The third kappa shape index (κ3) is 3.40. The van der Waals surface area contributed by atoms with Gasteiger partial charge < -0.3 is 10.8 Å². The van der Waals surface area contributed by atoms with E-state index in [-0.39, 0.29) is 11.2 Å². The minimum atomic E-state index is 0.0899. The molecule has 15 heavy (non-hydrogen) atoms. The molecule has 1 aromatic carbocycles. The second kappa shape index (κ2) is 4.49. The van der Waals surface area contributed by atoms with Crippen molar-refractivity contribution in [2.75, 3.05) is 6.54 Å². The van der Waals surface area contributed by atoms with E-state index in [9.17, 15) is 0 Å². The van der Waals surface area contributed by atoms with Crippen LogP contribution in [-0.4, -0.2) is 11.7 Å². The van der Waals surface area contributed by atoms with Crippen molar-refractivity contribution in [2.45, 2.75) is 20.8 Å². The summed E-state index contributed by atoms with van der Waals surface area (Å²) in [6, 6.07) is 7.14. The summed E-state index contributed by atoms with van der Waals surface area (Å²) in [6.07, 6.45) is 2.08. The number of phenols is 1. The Morgan fingerprint density at radius 1 is 1.27 bits per heavy atom. The molecular weight excluding hydrogens is 186 g/mol. The topological polar surface area (TPSA) is 46.2 Å². The molecule has 0 aliphatic carbocycles. The van der Waals surface area contributed by atoms with Crippen molar-refractivity contribution >= 4 is 6.08 Å².